The summed E-state index contributed by atoms with van der Waals surface area (Å²) in [5.41, 5.74) is 6.00. The molecule has 0 saturated heterocycles. The van der Waals surface area contributed by atoms with E-state index in [0.717, 1.165) is 11.8 Å². The largest absolute Gasteiger partial charge is 0.328 e. The normalized spacial score (nSPS) is 16.5. The second-order valence-corrected chi connectivity index (χ2v) is 4.20. The molecule has 0 saturated carbocycles. The minimum atomic E-state index is 0.433. The van der Waals surface area contributed by atoms with E-state index >= 15 is 0 Å². The Hall–Kier alpha value is -0.0400. The topological polar surface area (TPSA) is 26.0 Å². The molecule has 0 amide bonds. The minimum absolute atomic E-state index is 0.433. The third-order valence-electron chi connectivity index (χ3n) is 2.73. The summed E-state index contributed by atoms with van der Waals surface area (Å²) in [6.45, 7) is 9.07. The van der Waals surface area contributed by atoms with Gasteiger partial charge in [-0.05, 0) is 24.7 Å². The molecule has 0 radical (unpaired) electrons. The van der Waals surface area contributed by atoms with E-state index in [9.17, 15) is 0 Å². The molecule has 0 bridgehead atoms. The molecule has 0 aromatic heterocycles. The summed E-state index contributed by atoms with van der Waals surface area (Å²) in [5, 5.41) is 0. The van der Waals surface area contributed by atoms with Crippen LogP contribution in [0.2, 0.25) is 0 Å². The van der Waals surface area contributed by atoms with Gasteiger partial charge in [-0.3, -0.25) is 0 Å². The lowest BCUT2D eigenvalue weighted by atomic mass is 9.86. The van der Waals surface area contributed by atoms with Gasteiger partial charge in [0.1, 0.15) is 0 Å². The van der Waals surface area contributed by atoms with E-state index in [2.05, 4.69) is 27.7 Å². The van der Waals surface area contributed by atoms with Gasteiger partial charge in [-0.2, -0.15) is 0 Å². The number of rotatable bonds is 6. The highest BCUT2D eigenvalue weighted by Gasteiger charge is 2.14. The highest BCUT2D eigenvalue weighted by Crippen LogP contribution is 2.21. The quantitative estimate of drug-likeness (QED) is 0.652. The Morgan fingerprint density at radius 2 is 1.75 bits per heavy atom. The molecule has 0 aliphatic rings. The van der Waals surface area contributed by atoms with Crippen LogP contribution in [0.3, 0.4) is 0 Å². The summed E-state index contributed by atoms with van der Waals surface area (Å²) < 4.78 is 0. The molecule has 0 heterocycles. The van der Waals surface area contributed by atoms with E-state index < -0.39 is 0 Å². The summed E-state index contributed by atoms with van der Waals surface area (Å²) >= 11 is 0. The van der Waals surface area contributed by atoms with Gasteiger partial charge in [0, 0.05) is 6.04 Å². The monoisotopic (exact) mass is 171 g/mol. The van der Waals surface area contributed by atoms with Crippen LogP contribution in [0.25, 0.3) is 0 Å². The SMILES string of the molecule is CCCC(N)CC(CC)C(C)C. The number of hydrogen-bond acceptors (Lipinski definition) is 1. The zero-order valence-electron chi connectivity index (χ0n) is 9.14. The van der Waals surface area contributed by atoms with Crippen molar-refractivity contribution in [3.8, 4) is 0 Å². The van der Waals surface area contributed by atoms with Crippen LogP contribution in [0.5, 0.6) is 0 Å². The van der Waals surface area contributed by atoms with Crippen LogP contribution in [0.15, 0.2) is 0 Å². The van der Waals surface area contributed by atoms with Crippen molar-refractivity contribution in [3.05, 3.63) is 0 Å². The molecule has 0 aliphatic heterocycles. The Bertz CT molecular complexity index is 99.2. The van der Waals surface area contributed by atoms with Gasteiger partial charge in [-0.25, -0.2) is 0 Å². The first-order valence-electron chi connectivity index (χ1n) is 5.37. The molecule has 0 fully saturated rings. The van der Waals surface area contributed by atoms with Gasteiger partial charge in [-0.15, -0.1) is 0 Å². The van der Waals surface area contributed by atoms with E-state index in [-0.39, 0.29) is 0 Å². The summed E-state index contributed by atoms with van der Waals surface area (Å²) in [7, 11) is 0. The Morgan fingerprint density at radius 1 is 1.17 bits per heavy atom. The lowest BCUT2D eigenvalue weighted by Gasteiger charge is -2.22. The van der Waals surface area contributed by atoms with Crippen molar-refractivity contribution in [1.82, 2.24) is 0 Å². The molecule has 2 unspecified atom stereocenters. The van der Waals surface area contributed by atoms with Crippen LogP contribution < -0.4 is 5.73 Å². The third kappa shape index (κ3) is 4.76. The van der Waals surface area contributed by atoms with Crippen molar-refractivity contribution in [1.29, 1.82) is 0 Å². The fourth-order valence-electron chi connectivity index (χ4n) is 1.79. The standard InChI is InChI=1S/C11H25N/c1-5-7-11(12)8-10(6-2)9(3)4/h9-11H,5-8,12H2,1-4H3. The highest BCUT2D eigenvalue weighted by molar-refractivity contribution is 4.69. The summed E-state index contributed by atoms with van der Waals surface area (Å²) in [5.74, 6) is 1.62. The first kappa shape index (κ1) is 12.0. The van der Waals surface area contributed by atoms with Crippen LogP contribution >= 0.6 is 0 Å². The van der Waals surface area contributed by atoms with Crippen LogP contribution in [-0.4, -0.2) is 6.04 Å². The van der Waals surface area contributed by atoms with E-state index in [1.54, 1.807) is 0 Å². The molecular weight excluding hydrogens is 146 g/mol. The van der Waals surface area contributed by atoms with Crippen molar-refractivity contribution in [2.24, 2.45) is 17.6 Å². The van der Waals surface area contributed by atoms with Gasteiger partial charge in [-0.1, -0.05) is 40.5 Å². The number of nitrogens with two attached hydrogens (primary N) is 1. The fraction of sp³-hybridized carbons (Fsp3) is 1.00. The molecule has 0 aliphatic carbocycles. The maximum atomic E-state index is 6.00. The van der Waals surface area contributed by atoms with Crippen molar-refractivity contribution in [3.63, 3.8) is 0 Å². The van der Waals surface area contributed by atoms with Crippen LogP contribution in [0.1, 0.15) is 53.4 Å². The summed E-state index contributed by atoms with van der Waals surface area (Å²) in [4.78, 5) is 0. The predicted octanol–water partition coefficient (Wildman–Crippen LogP) is 3.19. The van der Waals surface area contributed by atoms with E-state index in [0.29, 0.717) is 6.04 Å². The lowest BCUT2D eigenvalue weighted by Crippen LogP contribution is -2.25. The van der Waals surface area contributed by atoms with Crippen molar-refractivity contribution in [2.75, 3.05) is 0 Å². The second kappa shape index (κ2) is 6.47. The van der Waals surface area contributed by atoms with Crippen LogP contribution in [0.4, 0.5) is 0 Å². The Labute approximate surface area is 77.7 Å². The summed E-state index contributed by atoms with van der Waals surface area (Å²) in [6.07, 6.45) is 4.88. The smallest absolute Gasteiger partial charge is 0.00414 e. The molecule has 0 aromatic carbocycles. The molecule has 0 spiro atoms. The first-order valence-corrected chi connectivity index (χ1v) is 5.37. The zero-order chi connectivity index (χ0) is 9.56. The third-order valence-corrected chi connectivity index (χ3v) is 2.73. The maximum Gasteiger partial charge on any atom is 0.00414 e. The molecule has 1 nitrogen and oxygen atoms in total. The van der Waals surface area contributed by atoms with Crippen molar-refractivity contribution < 1.29 is 0 Å². The molecule has 2 atom stereocenters. The van der Waals surface area contributed by atoms with Gasteiger partial charge in [0.25, 0.3) is 0 Å². The molecule has 0 rings (SSSR count). The first-order chi connectivity index (χ1) is 5.61. The highest BCUT2D eigenvalue weighted by atomic mass is 14.6. The van der Waals surface area contributed by atoms with Gasteiger partial charge >= 0.3 is 0 Å². The van der Waals surface area contributed by atoms with Gasteiger partial charge in [0.2, 0.25) is 0 Å². The van der Waals surface area contributed by atoms with E-state index in [1.165, 1.54) is 25.7 Å². The number of hydrogen-bond donors (Lipinski definition) is 1. The lowest BCUT2D eigenvalue weighted by molar-refractivity contribution is 0.316. The van der Waals surface area contributed by atoms with Crippen molar-refractivity contribution >= 4 is 0 Å². The maximum absolute atomic E-state index is 6.00. The second-order valence-electron chi connectivity index (χ2n) is 4.20. The molecule has 74 valence electrons. The molecule has 12 heavy (non-hydrogen) atoms. The fourth-order valence-corrected chi connectivity index (χ4v) is 1.79. The Balaban J connectivity index is 3.69. The molecule has 2 N–H and O–H groups in total. The average Bonchev–Trinajstić information content (AvgIpc) is 2.00. The Morgan fingerprint density at radius 3 is 2.08 bits per heavy atom. The van der Waals surface area contributed by atoms with Gasteiger partial charge in [0.15, 0.2) is 0 Å². The van der Waals surface area contributed by atoms with Crippen LogP contribution in [0, 0.1) is 11.8 Å². The molecule has 0 aromatic rings. The van der Waals surface area contributed by atoms with E-state index in [1.807, 2.05) is 0 Å². The van der Waals surface area contributed by atoms with Gasteiger partial charge < -0.3 is 5.73 Å². The molecular formula is C11H25N. The van der Waals surface area contributed by atoms with Gasteiger partial charge in [0.05, 0.1) is 0 Å². The zero-order valence-corrected chi connectivity index (χ0v) is 9.14. The Kier molecular flexibility index (Phi) is 6.45. The minimum Gasteiger partial charge on any atom is -0.328 e. The average molecular weight is 171 g/mol. The van der Waals surface area contributed by atoms with Crippen molar-refractivity contribution in [2.45, 2.75) is 59.4 Å². The van der Waals surface area contributed by atoms with Crippen LogP contribution in [-0.2, 0) is 0 Å². The summed E-state index contributed by atoms with van der Waals surface area (Å²) in [6, 6.07) is 0.433. The molecule has 1 heteroatoms. The van der Waals surface area contributed by atoms with E-state index in [4.69, 9.17) is 5.73 Å². The predicted molar refractivity (Wildman–Crippen MR) is 56.1 cm³/mol.